The Labute approximate surface area is 107 Å². The van der Waals surface area contributed by atoms with Crippen LogP contribution >= 0.6 is 0 Å². The Morgan fingerprint density at radius 1 is 1.29 bits per heavy atom. The van der Waals surface area contributed by atoms with Gasteiger partial charge in [0.15, 0.2) is 0 Å². The first kappa shape index (κ1) is 13.4. The Kier molecular flexibility index (Phi) is 4.14. The Hall–Kier alpha value is -0.0800. The second-order valence-corrected chi connectivity index (χ2v) is 6.73. The zero-order chi connectivity index (χ0) is 12.5. The van der Waals surface area contributed by atoms with Crippen molar-refractivity contribution in [3.05, 3.63) is 0 Å². The van der Waals surface area contributed by atoms with Crippen LogP contribution in [0.4, 0.5) is 0 Å². The van der Waals surface area contributed by atoms with E-state index in [2.05, 4.69) is 25.7 Å². The maximum absolute atomic E-state index is 6.12. The van der Waals surface area contributed by atoms with Crippen LogP contribution in [0.25, 0.3) is 0 Å². The first-order valence-corrected chi connectivity index (χ1v) is 7.56. The summed E-state index contributed by atoms with van der Waals surface area (Å²) in [7, 11) is 0. The highest BCUT2D eigenvalue weighted by molar-refractivity contribution is 5.04. The minimum atomic E-state index is 0.369. The molecule has 0 aliphatic heterocycles. The van der Waals surface area contributed by atoms with Crippen molar-refractivity contribution in [2.24, 2.45) is 23.5 Å². The van der Waals surface area contributed by atoms with Crippen molar-refractivity contribution < 1.29 is 0 Å². The average molecular weight is 238 g/mol. The third-order valence-electron chi connectivity index (χ3n) is 4.95. The lowest BCUT2D eigenvalue weighted by molar-refractivity contribution is -0.0377. The van der Waals surface area contributed by atoms with Crippen LogP contribution in [0, 0.1) is 17.8 Å². The lowest BCUT2D eigenvalue weighted by atomic mass is 9.63. The molecule has 0 aromatic carbocycles. The van der Waals surface area contributed by atoms with E-state index in [0.717, 1.165) is 24.3 Å². The van der Waals surface area contributed by atoms with Crippen LogP contribution in [0.1, 0.15) is 52.9 Å². The molecule has 17 heavy (non-hydrogen) atoms. The third kappa shape index (κ3) is 2.85. The average Bonchev–Trinajstić information content (AvgIpc) is 3.00. The van der Waals surface area contributed by atoms with Gasteiger partial charge in [-0.3, -0.25) is 4.90 Å². The number of hydrogen-bond acceptors (Lipinski definition) is 2. The van der Waals surface area contributed by atoms with Gasteiger partial charge in [-0.25, -0.2) is 0 Å². The molecule has 2 aliphatic rings. The molecule has 0 bridgehead atoms. The second kappa shape index (κ2) is 5.27. The predicted octanol–water partition coefficient (Wildman–Crippen LogP) is 2.87. The first-order valence-electron chi connectivity index (χ1n) is 7.56. The van der Waals surface area contributed by atoms with E-state index in [1.165, 1.54) is 45.2 Å². The molecule has 2 rings (SSSR count). The number of rotatable bonds is 7. The van der Waals surface area contributed by atoms with E-state index in [4.69, 9.17) is 5.73 Å². The molecule has 2 heteroatoms. The standard InChI is InChI=1S/C15H30N2/c1-4-7-17(10-13-5-6-13)15(11-16)8-14(9-15)12(2)3/h12-14H,4-11,16H2,1-3H3. The Morgan fingerprint density at radius 3 is 2.35 bits per heavy atom. The van der Waals surface area contributed by atoms with Gasteiger partial charge in [0.25, 0.3) is 0 Å². The molecular formula is C15H30N2. The van der Waals surface area contributed by atoms with Crippen LogP contribution in [-0.4, -0.2) is 30.1 Å². The molecule has 0 saturated heterocycles. The molecule has 0 unspecified atom stereocenters. The van der Waals surface area contributed by atoms with Gasteiger partial charge in [0.05, 0.1) is 0 Å². The van der Waals surface area contributed by atoms with Gasteiger partial charge < -0.3 is 5.73 Å². The zero-order valence-corrected chi connectivity index (χ0v) is 11.9. The molecular weight excluding hydrogens is 208 g/mol. The largest absolute Gasteiger partial charge is 0.329 e. The van der Waals surface area contributed by atoms with Crippen molar-refractivity contribution in [3.8, 4) is 0 Å². The molecule has 2 N–H and O–H groups in total. The minimum absolute atomic E-state index is 0.369. The van der Waals surface area contributed by atoms with Crippen LogP contribution in [0.3, 0.4) is 0 Å². The van der Waals surface area contributed by atoms with E-state index < -0.39 is 0 Å². The quantitative estimate of drug-likeness (QED) is 0.739. The summed E-state index contributed by atoms with van der Waals surface area (Å²) in [4.78, 5) is 2.74. The van der Waals surface area contributed by atoms with Crippen LogP contribution in [0.2, 0.25) is 0 Å². The Bertz CT molecular complexity index is 239. The van der Waals surface area contributed by atoms with Crippen LogP contribution in [-0.2, 0) is 0 Å². The van der Waals surface area contributed by atoms with Crippen molar-refractivity contribution in [3.63, 3.8) is 0 Å². The molecule has 0 radical (unpaired) electrons. The van der Waals surface area contributed by atoms with E-state index >= 15 is 0 Å². The molecule has 2 aliphatic carbocycles. The fraction of sp³-hybridized carbons (Fsp3) is 1.00. The summed E-state index contributed by atoms with van der Waals surface area (Å²) in [5, 5.41) is 0. The molecule has 0 aromatic heterocycles. The van der Waals surface area contributed by atoms with Crippen LogP contribution in [0.15, 0.2) is 0 Å². The number of nitrogens with zero attached hydrogens (tertiary/aromatic N) is 1. The maximum Gasteiger partial charge on any atom is 0.0337 e. The summed E-state index contributed by atoms with van der Waals surface area (Å²) < 4.78 is 0. The predicted molar refractivity (Wildman–Crippen MR) is 73.9 cm³/mol. The summed E-state index contributed by atoms with van der Waals surface area (Å²) >= 11 is 0. The van der Waals surface area contributed by atoms with Crippen molar-refractivity contribution >= 4 is 0 Å². The smallest absolute Gasteiger partial charge is 0.0337 e. The third-order valence-corrected chi connectivity index (χ3v) is 4.95. The van der Waals surface area contributed by atoms with Crippen molar-refractivity contribution in [1.29, 1.82) is 0 Å². The van der Waals surface area contributed by atoms with Gasteiger partial charge in [0.1, 0.15) is 0 Å². The van der Waals surface area contributed by atoms with E-state index in [1.807, 2.05) is 0 Å². The van der Waals surface area contributed by atoms with Gasteiger partial charge >= 0.3 is 0 Å². The molecule has 0 spiro atoms. The first-order chi connectivity index (χ1) is 8.11. The Balaban J connectivity index is 1.94. The topological polar surface area (TPSA) is 29.3 Å². The highest BCUT2D eigenvalue weighted by atomic mass is 15.2. The molecule has 2 saturated carbocycles. The Morgan fingerprint density at radius 2 is 1.94 bits per heavy atom. The van der Waals surface area contributed by atoms with Crippen molar-refractivity contribution in [2.75, 3.05) is 19.6 Å². The van der Waals surface area contributed by atoms with E-state index in [9.17, 15) is 0 Å². The summed E-state index contributed by atoms with van der Waals surface area (Å²) in [5.41, 5.74) is 6.49. The van der Waals surface area contributed by atoms with E-state index in [1.54, 1.807) is 0 Å². The summed E-state index contributed by atoms with van der Waals surface area (Å²) in [6, 6.07) is 0. The molecule has 0 atom stereocenters. The molecule has 2 nitrogen and oxygen atoms in total. The number of nitrogens with two attached hydrogens (primary N) is 1. The zero-order valence-electron chi connectivity index (χ0n) is 11.9. The minimum Gasteiger partial charge on any atom is -0.329 e. The van der Waals surface area contributed by atoms with Gasteiger partial charge in [-0.1, -0.05) is 20.8 Å². The van der Waals surface area contributed by atoms with Crippen LogP contribution in [0.5, 0.6) is 0 Å². The second-order valence-electron chi connectivity index (χ2n) is 6.73. The summed E-state index contributed by atoms with van der Waals surface area (Å²) in [5.74, 6) is 2.74. The monoisotopic (exact) mass is 238 g/mol. The lowest BCUT2D eigenvalue weighted by Gasteiger charge is -2.55. The van der Waals surface area contributed by atoms with E-state index in [-0.39, 0.29) is 0 Å². The normalized spacial score (nSPS) is 33.2. The summed E-state index contributed by atoms with van der Waals surface area (Å²) in [6.45, 7) is 10.4. The van der Waals surface area contributed by atoms with Gasteiger partial charge in [-0.15, -0.1) is 0 Å². The van der Waals surface area contributed by atoms with Gasteiger partial charge in [0, 0.05) is 18.6 Å². The fourth-order valence-corrected chi connectivity index (χ4v) is 3.35. The van der Waals surface area contributed by atoms with Crippen molar-refractivity contribution in [2.45, 2.75) is 58.4 Å². The van der Waals surface area contributed by atoms with E-state index in [0.29, 0.717) is 5.54 Å². The van der Waals surface area contributed by atoms with Gasteiger partial charge in [0.2, 0.25) is 0 Å². The SMILES string of the molecule is CCCN(CC1CC1)C1(CN)CC(C(C)C)C1. The van der Waals surface area contributed by atoms with Crippen LogP contribution < -0.4 is 5.73 Å². The molecule has 100 valence electrons. The van der Waals surface area contributed by atoms with Gasteiger partial charge in [-0.2, -0.15) is 0 Å². The molecule has 0 heterocycles. The molecule has 0 aromatic rings. The lowest BCUT2D eigenvalue weighted by Crippen LogP contribution is -2.63. The fourth-order valence-electron chi connectivity index (χ4n) is 3.35. The maximum atomic E-state index is 6.12. The van der Waals surface area contributed by atoms with Gasteiger partial charge in [-0.05, 0) is 56.4 Å². The molecule has 2 fully saturated rings. The highest BCUT2D eigenvalue weighted by Crippen LogP contribution is 2.46. The molecule has 0 amide bonds. The number of hydrogen-bond donors (Lipinski definition) is 1. The van der Waals surface area contributed by atoms with Crippen molar-refractivity contribution in [1.82, 2.24) is 4.90 Å². The summed E-state index contributed by atoms with van der Waals surface area (Å²) in [6.07, 6.45) is 6.85. The highest BCUT2D eigenvalue weighted by Gasteiger charge is 2.48.